The van der Waals surface area contributed by atoms with E-state index >= 15 is 0 Å². The molecule has 0 aliphatic rings. The predicted octanol–water partition coefficient (Wildman–Crippen LogP) is 4.22. The summed E-state index contributed by atoms with van der Waals surface area (Å²) in [4.78, 5) is 3.78. The molecule has 0 saturated carbocycles. The number of pyridine rings is 1. The molecule has 0 aliphatic carbocycles. The molecular formula is C12H8ClF4N3. The average Bonchev–Trinajstić information content (AvgIpc) is 2.35. The molecule has 1 heterocycles. The molecule has 0 atom stereocenters. The van der Waals surface area contributed by atoms with Crippen LogP contribution in [0.5, 0.6) is 0 Å². The molecule has 0 bridgehead atoms. The Morgan fingerprint density at radius 1 is 1.15 bits per heavy atom. The summed E-state index contributed by atoms with van der Waals surface area (Å²) in [5.74, 6) is -0.880. The number of hydrogen-bond acceptors (Lipinski definition) is 3. The fourth-order valence-electron chi connectivity index (χ4n) is 1.47. The summed E-state index contributed by atoms with van der Waals surface area (Å²) in [6.07, 6.45) is -4.57. The summed E-state index contributed by atoms with van der Waals surface area (Å²) >= 11 is 5.65. The van der Waals surface area contributed by atoms with Gasteiger partial charge < -0.3 is 11.1 Å². The smallest absolute Gasteiger partial charge is 0.396 e. The summed E-state index contributed by atoms with van der Waals surface area (Å²) in [5, 5.41) is 2.48. The number of hydrogen-bond donors (Lipinski definition) is 2. The minimum absolute atomic E-state index is 0.0178. The van der Waals surface area contributed by atoms with E-state index in [4.69, 9.17) is 17.3 Å². The molecule has 2 rings (SSSR count). The normalized spacial score (nSPS) is 11.4. The van der Waals surface area contributed by atoms with Crippen molar-refractivity contribution < 1.29 is 17.6 Å². The van der Waals surface area contributed by atoms with Gasteiger partial charge in [0.05, 0.1) is 16.9 Å². The largest absolute Gasteiger partial charge is 0.416 e. The number of nitrogens with two attached hydrogens (primary N) is 1. The van der Waals surface area contributed by atoms with Gasteiger partial charge in [-0.2, -0.15) is 13.2 Å². The second-order valence-electron chi connectivity index (χ2n) is 3.89. The highest BCUT2D eigenvalue weighted by atomic mass is 35.5. The van der Waals surface area contributed by atoms with Crippen molar-refractivity contribution >= 4 is 28.8 Å². The third-order valence-corrected chi connectivity index (χ3v) is 2.65. The maximum absolute atomic E-state index is 13.5. The van der Waals surface area contributed by atoms with Crippen molar-refractivity contribution in [2.24, 2.45) is 0 Å². The van der Waals surface area contributed by atoms with Gasteiger partial charge in [0, 0.05) is 0 Å². The number of anilines is 3. The number of nitrogens with one attached hydrogen (secondary N) is 1. The van der Waals surface area contributed by atoms with Crippen LogP contribution in [0.3, 0.4) is 0 Å². The third kappa shape index (κ3) is 3.11. The first-order chi connectivity index (χ1) is 9.27. The molecule has 0 fully saturated rings. The van der Waals surface area contributed by atoms with Crippen molar-refractivity contribution in [1.82, 2.24) is 4.98 Å². The van der Waals surface area contributed by atoms with E-state index in [1.54, 1.807) is 0 Å². The zero-order chi connectivity index (χ0) is 14.9. The van der Waals surface area contributed by atoms with Crippen molar-refractivity contribution in [3.8, 4) is 0 Å². The summed E-state index contributed by atoms with van der Waals surface area (Å²) in [7, 11) is 0. The second-order valence-corrected chi connectivity index (χ2v) is 4.28. The van der Waals surface area contributed by atoms with Gasteiger partial charge >= 0.3 is 6.18 Å². The van der Waals surface area contributed by atoms with Crippen molar-refractivity contribution in [3.05, 3.63) is 46.9 Å². The summed E-state index contributed by atoms with van der Waals surface area (Å²) < 4.78 is 51.3. The predicted molar refractivity (Wildman–Crippen MR) is 68.3 cm³/mol. The lowest BCUT2D eigenvalue weighted by Crippen LogP contribution is -2.07. The maximum Gasteiger partial charge on any atom is 0.416 e. The van der Waals surface area contributed by atoms with Crippen LogP contribution in [-0.4, -0.2) is 4.98 Å². The molecule has 106 valence electrons. The number of alkyl halides is 3. The first-order valence-corrected chi connectivity index (χ1v) is 5.71. The lowest BCUT2D eigenvalue weighted by Gasteiger charge is -2.12. The molecular weight excluding hydrogens is 298 g/mol. The van der Waals surface area contributed by atoms with Gasteiger partial charge in [0.1, 0.15) is 11.0 Å². The van der Waals surface area contributed by atoms with Gasteiger partial charge in [0.25, 0.3) is 0 Å². The van der Waals surface area contributed by atoms with Crippen LogP contribution in [0.15, 0.2) is 30.3 Å². The minimum Gasteiger partial charge on any atom is -0.396 e. The van der Waals surface area contributed by atoms with Crippen LogP contribution in [0.4, 0.5) is 34.8 Å². The zero-order valence-electron chi connectivity index (χ0n) is 9.80. The molecule has 0 amide bonds. The van der Waals surface area contributed by atoms with Gasteiger partial charge in [-0.3, -0.25) is 0 Å². The van der Waals surface area contributed by atoms with E-state index in [0.717, 1.165) is 0 Å². The number of aromatic nitrogens is 1. The van der Waals surface area contributed by atoms with Gasteiger partial charge in [0.15, 0.2) is 5.82 Å². The topological polar surface area (TPSA) is 50.9 Å². The Bertz CT molecular complexity index is 643. The highest BCUT2D eigenvalue weighted by Gasteiger charge is 2.31. The molecule has 0 radical (unpaired) electrons. The fraction of sp³-hybridized carbons (Fsp3) is 0.0833. The van der Waals surface area contributed by atoms with Gasteiger partial charge in [-0.05, 0) is 30.3 Å². The molecule has 0 unspecified atom stereocenters. The summed E-state index contributed by atoms with van der Waals surface area (Å²) in [6.45, 7) is 0. The van der Waals surface area contributed by atoms with Crippen LogP contribution < -0.4 is 11.1 Å². The van der Waals surface area contributed by atoms with Crippen molar-refractivity contribution in [2.45, 2.75) is 6.18 Å². The first kappa shape index (κ1) is 14.4. The minimum atomic E-state index is -4.57. The second kappa shape index (κ2) is 5.16. The van der Waals surface area contributed by atoms with Crippen LogP contribution in [0, 0.1) is 5.82 Å². The van der Waals surface area contributed by atoms with Gasteiger partial charge in [0.2, 0.25) is 0 Å². The third-order valence-electron chi connectivity index (χ3n) is 2.44. The van der Waals surface area contributed by atoms with Crippen LogP contribution in [0.1, 0.15) is 5.56 Å². The molecule has 1 aromatic heterocycles. The zero-order valence-corrected chi connectivity index (χ0v) is 10.6. The summed E-state index contributed by atoms with van der Waals surface area (Å²) in [6, 6.07) is 4.81. The first-order valence-electron chi connectivity index (χ1n) is 5.33. The molecule has 3 N–H and O–H groups in total. The summed E-state index contributed by atoms with van der Waals surface area (Å²) in [5.41, 5.74) is 4.34. The Morgan fingerprint density at radius 2 is 1.85 bits per heavy atom. The van der Waals surface area contributed by atoms with Crippen LogP contribution >= 0.6 is 11.6 Å². The van der Waals surface area contributed by atoms with E-state index in [-0.39, 0.29) is 22.3 Å². The molecule has 20 heavy (non-hydrogen) atoms. The lowest BCUT2D eigenvalue weighted by atomic mass is 10.2. The number of nitrogens with zero attached hydrogens (tertiary/aromatic N) is 1. The van der Waals surface area contributed by atoms with E-state index in [0.29, 0.717) is 18.2 Å². The number of nitrogen functional groups attached to an aromatic ring is 1. The van der Waals surface area contributed by atoms with Gasteiger partial charge in [-0.1, -0.05) is 11.6 Å². The number of benzene rings is 1. The molecule has 0 aliphatic heterocycles. The van der Waals surface area contributed by atoms with Gasteiger partial charge in [-0.25, -0.2) is 9.37 Å². The van der Waals surface area contributed by atoms with Crippen LogP contribution in [0.2, 0.25) is 5.15 Å². The van der Waals surface area contributed by atoms with E-state index in [2.05, 4.69) is 10.3 Å². The number of rotatable bonds is 2. The SMILES string of the molecule is Nc1ccc(Cl)nc1Nc1cc(C(F)(F)F)ccc1F. The molecule has 2 aromatic rings. The van der Waals surface area contributed by atoms with Crippen LogP contribution in [0.25, 0.3) is 0 Å². The Kier molecular flexibility index (Phi) is 3.71. The Labute approximate surface area is 116 Å². The van der Waals surface area contributed by atoms with Crippen molar-refractivity contribution in [2.75, 3.05) is 11.1 Å². The maximum atomic E-state index is 13.5. The number of halogens is 5. The highest BCUT2D eigenvalue weighted by Crippen LogP contribution is 2.33. The quantitative estimate of drug-likeness (QED) is 0.645. The lowest BCUT2D eigenvalue weighted by molar-refractivity contribution is -0.137. The fourth-order valence-corrected chi connectivity index (χ4v) is 1.62. The molecule has 3 nitrogen and oxygen atoms in total. The van der Waals surface area contributed by atoms with E-state index in [1.165, 1.54) is 12.1 Å². The Balaban J connectivity index is 2.40. The standard InChI is InChI=1S/C12H8ClF4N3/c13-10-4-3-8(18)11(20-10)19-9-5-6(12(15,16)17)1-2-7(9)14/h1-5H,18H2,(H,19,20). The average molecular weight is 306 g/mol. The Morgan fingerprint density at radius 3 is 2.50 bits per heavy atom. The van der Waals surface area contributed by atoms with Crippen molar-refractivity contribution in [3.63, 3.8) is 0 Å². The molecule has 0 saturated heterocycles. The monoisotopic (exact) mass is 305 g/mol. The van der Waals surface area contributed by atoms with Crippen molar-refractivity contribution in [1.29, 1.82) is 0 Å². The van der Waals surface area contributed by atoms with E-state index in [1.807, 2.05) is 0 Å². The van der Waals surface area contributed by atoms with E-state index < -0.39 is 17.6 Å². The van der Waals surface area contributed by atoms with Crippen LogP contribution in [-0.2, 0) is 6.18 Å². The molecule has 1 aromatic carbocycles. The highest BCUT2D eigenvalue weighted by molar-refractivity contribution is 6.29. The Hall–Kier alpha value is -2.02. The van der Waals surface area contributed by atoms with E-state index in [9.17, 15) is 17.6 Å². The van der Waals surface area contributed by atoms with Gasteiger partial charge in [-0.15, -0.1) is 0 Å². The molecule has 8 heteroatoms. The molecule has 0 spiro atoms.